The number of halogens is 1. The number of aromatic nitrogens is 1. The third kappa shape index (κ3) is 2.85. The number of hydrogen-bond acceptors (Lipinski definition) is 3. The molecule has 0 atom stereocenters. The van der Waals surface area contributed by atoms with Crippen LogP contribution in [0.25, 0.3) is 10.9 Å². The largest absolute Gasteiger partial charge is 0.497 e. The molecule has 3 aromatic rings. The lowest BCUT2D eigenvalue weighted by atomic mass is 10.1. The number of aryl methyl sites for hydroxylation is 1. The van der Waals surface area contributed by atoms with E-state index in [0.717, 1.165) is 27.8 Å². The van der Waals surface area contributed by atoms with E-state index in [1.807, 2.05) is 54.0 Å². The standard InChI is InChI=1S/C19H18ClNO3/c1-12-16-10-15(23-2)8-9-17(16)21(18(12)19(22)24-3)11-13-4-6-14(20)7-5-13/h4-10H,11H2,1-3H3. The SMILES string of the molecule is COC(=O)c1c(C)c2cc(OC)ccc2n1Cc1ccc(Cl)cc1. The molecule has 0 radical (unpaired) electrons. The van der Waals surface area contributed by atoms with Crippen LogP contribution in [-0.4, -0.2) is 24.8 Å². The van der Waals surface area contributed by atoms with Crippen molar-refractivity contribution in [1.82, 2.24) is 4.57 Å². The fraction of sp³-hybridized carbons (Fsp3) is 0.211. The molecule has 1 heterocycles. The summed E-state index contributed by atoms with van der Waals surface area (Å²) in [6.07, 6.45) is 0. The minimum atomic E-state index is -0.350. The summed E-state index contributed by atoms with van der Waals surface area (Å²) in [5.41, 5.74) is 3.45. The van der Waals surface area contributed by atoms with Crippen LogP contribution in [0, 0.1) is 6.92 Å². The predicted molar refractivity (Wildman–Crippen MR) is 95.1 cm³/mol. The normalized spacial score (nSPS) is 10.8. The highest BCUT2D eigenvalue weighted by Crippen LogP contribution is 2.30. The molecule has 0 bridgehead atoms. The van der Waals surface area contributed by atoms with Crippen molar-refractivity contribution in [3.8, 4) is 5.75 Å². The monoisotopic (exact) mass is 343 g/mol. The molecule has 0 aliphatic carbocycles. The number of benzene rings is 2. The molecule has 0 saturated carbocycles. The lowest BCUT2D eigenvalue weighted by Crippen LogP contribution is -2.12. The molecule has 2 aromatic carbocycles. The Labute approximate surface area is 145 Å². The summed E-state index contributed by atoms with van der Waals surface area (Å²) in [6, 6.07) is 13.4. The maximum Gasteiger partial charge on any atom is 0.354 e. The van der Waals surface area contributed by atoms with Crippen LogP contribution in [0.1, 0.15) is 21.6 Å². The summed E-state index contributed by atoms with van der Waals surface area (Å²) in [7, 11) is 3.02. The highest BCUT2D eigenvalue weighted by atomic mass is 35.5. The number of esters is 1. The van der Waals surface area contributed by atoms with Gasteiger partial charge in [-0.25, -0.2) is 4.79 Å². The topological polar surface area (TPSA) is 40.5 Å². The lowest BCUT2D eigenvalue weighted by molar-refractivity contribution is 0.0588. The van der Waals surface area contributed by atoms with Crippen LogP contribution in [-0.2, 0) is 11.3 Å². The van der Waals surface area contributed by atoms with E-state index < -0.39 is 0 Å². The van der Waals surface area contributed by atoms with Gasteiger partial charge in [-0.2, -0.15) is 0 Å². The van der Waals surface area contributed by atoms with E-state index in [0.29, 0.717) is 17.3 Å². The van der Waals surface area contributed by atoms with Crippen molar-refractivity contribution in [2.75, 3.05) is 14.2 Å². The Bertz CT molecular complexity index is 897. The number of carbonyl (C=O) groups is 1. The first-order valence-corrected chi connectivity index (χ1v) is 7.92. The highest BCUT2D eigenvalue weighted by Gasteiger charge is 2.21. The van der Waals surface area contributed by atoms with E-state index in [9.17, 15) is 4.79 Å². The van der Waals surface area contributed by atoms with Gasteiger partial charge in [0.15, 0.2) is 0 Å². The van der Waals surface area contributed by atoms with Gasteiger partial charge >= 0.3 is 5.97 Å². The number of carbonyl (C=O) groups excluding carboxylic acids is 1. The third-order valence-corrected chi connectivity index (χ3v) is 4.41. The maximum atomic E-state index is 12.3. The number of hydrogen-bond donors (Lipinski definition) is 0. The molecule has 24 heavy (non-hydrogen) atoms. The average Bonchev–Trinajstić information content (AvgIpc) is 2.88. The van der Waals surface area contributed by atoms with Crippen LogP contribution in [0.3, 0.4) is 0 Å². The molecule has 4 nitrogen and oxygen atoms in total. The molecule has 0 aliphatic rings. The Morgan fingerprint density at radius 1 is 1.12 bits per heavy atom. The molecule has 0 spiro atoms. The molecule has 3 rings (SSSR count). The van der Waals surface area contributed by atoms with Crippen LogP contribution in [0.15, 0.2) is 42.5 Å². The summed E-state index contributed by atoms with van der Waals surface area (Å²) in [5.74, 6) is 0.405. The van der Waals surface area contributed by atoms with Gasteiger partial charge in [-0.3, -0.25) is 0 Å². The van der Waals surface area contributed by atoms with Crippen molar-refractivity contribution >= 4 is 28.5 Å². The molecule has 0 aliphatic heterocycles. The summed E-state index contributed by atoms with van der Waals surface area (Å²) < 4.78 is 12.3. The molecule has 0 saturated heterocycles. The van der Waals surface area contributed by atoms with Gasteiger partial charge in [-0.1, -0.05) is 23.7 Å². The van der Waals surface area contributed by atoms with Crippen LogP contribution < -0.4 is 4.74 Å². The molecule has 0 amide bonds. The minimum Gasteiger partial charge on any atom is -0.497 e. The fourth-order valence-corrected chi connectivity index (χ4v) is 3.05. The second-order valence-corrected chi connectivity index (χ2v) is 6.00. The molecular weight excluding hydrogens is 326 g/mol. The number of methoxy groups -OCH3 is 2. The number of nitrogens with zero attached hydrogens (tertiary/aromatic N) is 1. The molecule has 1 aromatic heterocycles. The predicted octanol–water partition coefficient (Wildman–Crippen LogP) is 4.45. The molecule has 0 unspecified atom stereocenters. The first kappa shape index (κ1) is 16.4. The van der Waals surface area contributed by atoms with Gasteiger partial charge in [-0.05, 0) is 48.4 Å². The van der Waals surface area contributed by atoms with E-state index in [2.05, 4.69) is 0 Å². The lowest BCUT2D eigenvalue weighted by Gasteiger charge is -2.10. The molecular formula is C19H18ClNO3. The Balaban J connectivity index is 2.19. The minimum absolute atomic E-state index is 0.350. The van der Waals surface area contributed by atoms with E-state index in [-0.39, 0.29) is 5.97 Å². The Hall–Kier alpha value is -2.46. The number of fused-ring (bicyclic) bond motifs is 1. The number of ether oxygens (including phenoxy) is 2. The Morgan fingerprint density at radius 2 is 1.83 bits per heavy atom. The highest BCUT2D eigenvalue weighted by molar-refractivity contribution is 6.30. The van der Waals surface area contributed by atoms with Gasteiger partial charge in [0.2, 0.25) is 0 Å². The van der Waals surface area contributed by atoms with Crippen LogP contribution in [0.2, 0.25) is 5.02 Å². The van der Waals surface area contributed by atoms with Crippen molar-refractivity contribution < 1.29 is 14.3 Å². The summed E-state index contributed by atoms with van der Waals surface area (Å²) in [6.45, 7) is 2.48. The molecule has 5 heteroatoms. The van der Waals surface area contributed by atoms with Gasteiger partial charge in [0.25, 0.3) is 0 Å². The first-order chi connectivity index (χ1) is 11.5. The van der Waals surface area contributed by atoms with E-state index >= 15 is 0 Å². The van der Waals surface area contributed by atoms with E-state index in [1.165, 1.54) is 7.11 Å². The van der Waals surface area contributed by atoms with Gasteiger partial charge in [0.05, 0.1) is 14.2 Å². The van der Waals surface area contributed by atoms with Gasteiger partial charge in [0, 0.05) is 22.5 Å². The van der Waals surface area contributed by atoms with Crippen molar-refractivity contribution in [3.63, 3.8) is 0 Å². The van der Waals surface area contributed by atoms with Crippen LogP contribution in [0.4, 0.5) is 0 Å². The average molecular weight is 344 g/mol. The Kier molecular flexibility index (Phi) is 4.49. The van der Waals surface area contributed by atoms with Crippen LogP contribution >= 0.6 is 11.6 Å². The van der Waals surface area contributed by atoms with Crippen LogP contribution in [0.5, 0.6) is 5.75 Å². The van der Waals surface area contributed by atoms with Gasteiger partial charge < -0.3 is 14.0 Å². The quantitative estimate of drug-likeness (QED) is 0.657. The third-order valence-electron chi connectivity index (χ3n) is 4.16. The van der Waals surface area contributed by atoms with Crippen molar-refractivity contribution in [2.24, 2.45) is 0 Å². The smallest absolute Gasteiger partial charge is 0.354 e. The summed E-state index contributed by atoms with van der Waals surface area (Å²) >= 11 is 5.96. The molecule has 0 N–H and O–H groups in total. The van der Waals surface area contributed by atoms with E-state index in [4.69, 9.17) is 21.1 Å². The fourth-order valence-electron chi connectivity index (χ4n) is 2.92. The van der Waals surface area contributed by atoms with Crippen molar-refractivity contribution in [2.45, 2.75) is 13.5 Å². The Morgan fingerprint density at radius 3 is 2.46 bits per heavy atom. The second kappa shape index (κ2) is 6.57. The van der Waals surface area contributed by atoms with Gasteiger partial charge in [0.1, 0.15) is 11.4 Å². The van der Waals surface area contributed by atoms with Crippen molar-refractivity contribution in [1.29, 1.82) is 0 Å². The molecule has 124 valence electrons. The second-order valence-electron chi connectivity index (χ2n) is 5.56. The maximum absolute atomic E-state index is 12.3. The van der Waals surface area contributed by atoms with E-state index in [1.54, 1.807) is 7.11 Å². The zero-order valence-electron chi connectivity index (χ0n) is 13.8. The summed E-state index contributed by atoms with van der Waals surface area (Å²) in [5, 5.41) is 1.66. The zero-order valence-corrected chi connectivity index (χ0v) is 14.6. The number of rotatable bonds is 4. The van der Waals surface area contributed by atoms with Gasteiger partial charge in [-0.15, -0.1) is 0 Å². The summed E-state index contributed by atoms with van der Waals surface area (Å²) in [4.78, 5) is 12.3. The zero-order chi connectivity index (χ0) is 17.3. The van der Waals surface area contributed by atoms with Crippen molar-refractivity contribution in [3.05, 3.63) is 64.3 Å². The first-order valence-electron chi connectivity index (χ1n) is 7.54. The molecule has 0 fully saturated rings.